The van der Waals surface area contributed by atoms with Gasteiger partial charge in [0, 0.05) is 29.4 Å². The third kappa shape index (κ3) is 3.69. The highest BCUT2D eigenvalue weighted by Crippen LogP contribution is 2.30. The Morgan fingerprint density at radius 2 is 1.83 bits per heavy atom. The summed E-state index contributed by atoms with van der Waals surface area (Å²) in [7, 11) is 1.59. The van der Waals surface area contributed by atoms with E-state index in [1.807, 2.05) is 30.3 Å². The highest BCUT2D eigenvalue weighted by molar-refractivity contribution is 6.30. The number of ether oxygens (including phenoxy) is 1. The number of hydrogen-bond acceptors (Lipinski definition) is 5. The zero-order valence-corrected chi connectivity index (χ0v) is 13.9. The molecule has 0 radical (unpaired) electrons. The average Bonchev–Trinajstić information content (AvgIpc) is 2.62. The van der Waals surface area contributed by atoms with Gasteiger partial charge in [0.1, 0.15) is 0 Å². The molecule has 0 spiro atoms. The smallest absolute Gasteiger partial charge is 0.221 e. The highest BCUT2D eigenvalue weighted by atomic mass is 35.5. The molecule has 0 aliphatic rings. The average molecular weight is 342 g/mol. The van der Waals surface area contributed by atoms with Crippen LogP contribution in [0.2, 0.25) is 5.02 Å². The van der Waals surface area contributed by atoms with Gasteiger partial charge in [-0.15, -0.1) is 0 Å². The number of pyridine rings is 1. The Kier molecular flexibility index (Phi) is 5.03. The zero-order chi connectivity index (χ0) is 16.9. The van der Waals surface area contributed by atoms with Crippen LogP contribution in [0.1, 0.15) is 17.0 Å². The van der Waals surface area contributed by atoms with Crippen molar-refractivity contribution >= 4 is 11.6 Å². The third-order valence-electron chi connectivity index (χ3n) is 3.54. The van der Waals surface area contributed by atoms with Crippen molar-refractivity contribution in [2.45, 2.75) is 13.0 Å². The van der Waals surface area contributed by atoms with Crippen LogP contribution in [-0.2, 0) is 13.0 Å². The maximum atomic E-state index is 9.02. The largest absolute Gasteiger partial charge is 0.481 e. The van der Waals surface area contributed by atoms with Crippen molar-refractivity contribution < 1.29 is 9.84 Å². The van der Waals surface area contributed by atoms with Gasteiger partial charge in [-0.3, -0.25) is 9.97 Å². The molecule has 0 aliphatic heterocycles. The van der Waals surface area contributed by atoms with Crippen molar-refractivity contribution in [3.05, 3.63) is 70.9 Å². The molecule has 0 saturated heterocycles. The van der Waals surface area contributed by atoms with Crippen LogP contribution in [0.5, 0.6) is 5.88 Å². The number of aromatic nitrogens is 3. The molecule has 0 amide bonds. The van der Waals surface area contributed by atoms with Crippen molar-refractivity contribution in [1.29, 1.82) is 0 Å². The first kappa shape index (κ1) is 16.4. The van der Waals surface area contributed by atoms with Gasteiger partial charge in [0.2, 0.25) is 5.88 Å². The van der Waals surface area contributed by atoms with Crippen molar-refractivity contribution in [2.75, 3.05) is 7.11 Å². The number of aliphatic hydroxyl groups excluding tert-OH is 1. The highest BCUT2D eigenvalue weighted by Gasteiger charge is 2.10. The van der Waals surface area contributed by atoms with Crippen LogP contribution < -0.4 is 4.74 Å². The Hall–Kier alpha value is -2.50. The summed E-state index contributed by atoms with van der Waals surface area (Å²) in [6.45, 7) is -0.115. The van der Waals surface area contributed by atoms with E-state index in [-0.39, 0.29) is 6.61 Å². The lowest BCUT2D eigenvalue weighted by Crippen LogP contribution is -1.99. The fourth-order valence-electron chi connectivity index (χ4n) is 2.38. The van der Waals surface area contributed by atoms with Gasteiger partial charge in [-0.1, -0.05) is 23.7 Å². The summed E-state index contributed by atoms with van der Waals surface area (Å²) in [5.41, 5.74) is 4.15. The number of halogens is 1. The fraction of sp³-hybridized carbons (Fsp3) is 0.167. The van der Waals surface area contributed by atoms with E-state index in [0.717, 1.165) is 22.4 Å². The van der Waals surface area contributed by atoms with Crippen molar-refractivity contribution in [2.24, 2.45) is 0 Å². The van der Waals surface area contributed by atoms with Gasteiger partial charge in [-0.05, 0) is 29.3 Å². The van der Waals surface area contributed by atoms with Crippen molar-refractivity contribution in [3.8, 4) is 17.0 Å². The molecule has 122 valence electrons. The number of hydrogen-bond donors (Lipinski definition) is 1. The number of aliphatic hydroxyl groups is 1. The number of nitrogens with zero attached hydrogens (tertiary/aromatic N) is 3. The van der Waals surface area contributed by atoms with E-state index in [1.165, 1.54) is 0 Å². The molecule has 3 aromatic rings. The lowest BCUT2D eigenvalue weighted by Gasteiger charge is -2.10. The van der Waals surface area contributed by atoms with Crippen LogP contribution in [0.3, 0.4) is 0 Å². The lowest BCUT2D eigenvalue weighted by atomic mass is 10.0. The molecule has 24 heavy (non-hydrogen) atoms. The Morgan fingerprint density at radius 3 is 2.50 bits per heavy atom. The van der Waals surface area contributed by atoms with Crippen LogP contribution in [-0.4, -0.2) is 27.2 Å². The summed E-state index contributed by atoms with van der Waals surface area (Å²) in [5.74, 6) is 0.544. The molecule has 0 unspecified atom stereocenters. The van der Waals surface area contributed by atoms with E-state index in [0.29, 0.717) is 23.0 Å². The van der Waals surface area contributed by atoms with Gasteiger partial charge < -0.3 is 9.84 Å². The first-order valence-electron chi connectivity index (χ1n) is 7.39. The molecule has 5 nitrogen and oxygen atoms in total. The fourth-order valence-corrected chi connectivity index (χ4v) is 2.57. The molecule has 0 atom stereocenters. The molecule has 0 fully saturated rings. The van der Waals surface area contributed by atoms with E-state index in [1.54, 1.807) is 25.7 Å². The number of rotatable bonds is 5. The molecule has 2 aromatic heterocycles. The van der Waals surface area contributed by atoms with Gasteiger partial charge in [0.25, 0.3) is 0 Å². The normalized spacial score (nSPS) is 10.6. The number of methoxy groups -OCH3 is 1. The molecule has 0 saturated carbocycles. The monoisotopic (exact) mass is 341 g/mol. The predicted octanol–water partition coefficient (Wildman–Crippen LogP) is 3.28. The Labute approximate surface area is 145 Å². The summed E-state index contributed by atoms with van der Waals surface area (Å²) in [5, 5.41) is 9.68. The van der Waals surface area contributed by atoms with E-state index >= 15 is 0 Å². The minimum Gasteiger partial charge on any atom is -0.481 e. The van der Waals surface area contributed by atoms with Crippen LogP contribution in [0.4, 0.5) is 0 Å². The summed E-state index contributed by atoms with van der Waals surface area (Å²) < 4.78 is 5.37. The van der Waals surface area contributed by atoms with Crippen molar-refractivity contribution in [3.63, 3.8) is 0 Å². The molecular formula is C18H16ClN3O2. The summed E-state index contributed by atoms with van der Waals surface area (Å²) >= 11 is 6.09. The quantitative estimate of drug-likeness (QED) is 0.771. The molecule has 0 bridgehead atoms. The van der Waals surface area contributed by atoms with E-state index in [2.05, 4.69) is 15.0 Å². The molecule has 3 rings (SSSR count). The summed E-state index contributed by atoms with van der Waals surface area (Å²) in [4.78, 5) is 12.8. The second kappa shape index (κ2) is 7.38. The van der Waals surface area contributed by atoms with E-state index in [9.17, 15) is 0 Å². The second-order valence-electron chi connectivity index (χ2n) is 5.24. The minimum absolute atomic E-state index is 0.115. The minimum atomic E-state index is -0.115. The standard InChI is InChI=1S/C18H16ClN3O2/c1-24-18-17(13-3-2-4-14(19)7-13)6-12(8-22-18)5-15-9-21-16(11-23)10-20-15/h2-4,6-10,23H,5,11H2,1H3. The summed E-state index contributed by atoms with van der Waals surface area (Å²) in [6.07, 6.45) is 5.58. The van der Waals surface area contributed by atoms with Crippen molar-refractivity contribution in [1.82, 2.24) is 15.0 Å². The lowest BCUT2D eigenvalue weighted by molar-refractivity contribution is 0.276. The maximum absolute atomic E-state index is 9.02. The van der Waals surface area contributed by atoms with Gasteiger partial charge in [-0.25, -0.2) is 4.98 Å². The van der Waals surface area contributed by atoms with Gasteiger partial charge in [-0.2, -0.15) is 0 Å². The third-order valence-corrected chi connectivity index (χ3v) is 3.78. The van der Waals surface area contributed by atoms with Crippen LogP contribution in [0, 0.1) is 0 Å². The van der Waals surface area contributed by atoms with Crippen LogP contribution in [0.25, 0.3) is 11.1 Å². The Morgan fingerprint density at radius 1 is 1.04 bits per heavy atom. The zero-order valence-electron chi connectivity index (χ0n) is 13.1. The predicted molar refractivity (Wildman–Crippen MR) is 92.0 cm³/mol. The Bertz CT molecular complexity index is 838. The van der Waals surface area contributed by atoms with Gasteiger partial charge >= 0.3 is 0 Å². The van der Waals surface area contributed by atoms with Gasteiger partial charge in [0.15, 0.2) is 0 Å². The van der Waals surface area contributed by atoms with E-state index in [4.69, 9.17) is 21.4 Å². The first-order chi connectivity index (χ1) is 11.7. The molecule has 0 aliphatic carbocycles. The molecular weight excluding hydrogens is 326 g/mol. The second-order valence-corrected chi connectivity index (χ2v) is 5.68. The topological polar surface area (TPSA) is 68.1 Å². The Balaban J connectivity index is 1.93. The van der Waals surface area contributed by atoms with Gasteiger partial charge in [0.05, 0.1) is 31.3 Å². The SMILES string of the molecule is COc1ncc(Cc2cnc(CO)cn2)cc1-c1cccc(Cl)c1. The van der Waals surface area contributed by atoms with Crippen LogP contribution >= 0.6 is 11.6 Å². The van der Waals surface area contributed by atoms with E-state index < -0.39 is 0 Å². The molecule has 2 heterocycles. The first-order valence-corrected chi connectivity index (χ1v) is 7.77. The molecule has 1 aromatic carbocycles. The summed E-state index contributed by atoms with van der Waals surface area (Å²) in [6, 6.07) is 9.57. The molecule has 6 heteroatoms. The maximum Gasteiger partial charge on any atom is 0.221 e. The molecule has 1 N–H and O–H groups in total. The van der Waals surface area contributed by atoms with Crippen LogP contribution in [0.15, 0.2) is 48.9 Å². The number of benzene rings is 1.